The van der Waals surface area contributed by atoms with Gasteiger partial charge in [-0.2, -0.15) is 0 Å². The van der Waals surface area contributed by atoms with E-state index in [0.29, 0.717) is 38.8 Å². The molecule has 2 saturated heterocycles. The zero-order chi connectivity index (χ0) is 33.7. The van der Waals surface area contributed by atoms with E-state index in [1.54, 1.807) is 6.33 Å². The molecule has 3 N–H and O–H groups in total. The molecule has 6 rings (SSSR count). The number of nitrogens with zero attached hydrogens (tertiary/aromatic N) is 5. The second kappa shape index (κ2) is 14.8. The van der Waals surface area contributed by atoms with Gasteiger partial charge >= 0.3 is 6.09 Å². The quantitative estimate of drug-likeness (QED) is 0.136. The van der Waals surface area contributed by atoms with Crippen molar-refractivity contribution in [2.24, 2.45) is 0 Å². The Labute approximate surface area is 282 Å². The van der Waals surface area contributed by atoms with Crippen molar-refractivity contribution in [2.45, 2.75) is 51.3 Å². The number of hydrogen-bond donors (Lipinski definition) is 3. The summed E-state index contributed by atoms with van der Waals surface area (Å²) >= 11 is 0. The molecule has 2 aliphatic heterocycles. The molecule has 4 heterocycles. The maximum absolute atomic E-state index is 13.1. The van der Waals surface area contributed by atoms with E-state index in [2.05, 4.69) is 60.7 Å². The molecule has 2 amide bonds. The number of aromatic nitrogens is 3. The third-order valence-electron chi connectivity index (χ3n) is 8.82. The lowest BCUT2D eigenvalue weighted by Gasteiger charge is -2.28. The van der Waals surface area contributed by atoms with Gasteiger partial charge in [-0.05, 0) is 53.9 Å². The Morgan fingerprint density at radius 1 is 1.02 bits per heavy atom. The number of carbonyl (C=O) groups is 2. The number of amides is 2. The standard InChI is InChI=1S/C35H45N7O5Si/c1-48(2,3)18-17-47-24-42-31(21-30-33(36-23-37-34(30)42)40-13-15-46-16-14-40)26-7-9-27(10-8-26)38-32(43)20-25-5-4-6-29(19-25)41-12-11-28(22-41)39-35(44)45/h4-10,19,21,23,28,39H,11-18,20,22,24H2,1-3H3,(H,38,43)(H,44,45)/t28-/m0/s1. The molecule has 12 nitrogen and oxygen atoms in total. The van der Waals surface area contributed by atoms with Crippen LogP contribution in [0.1, 0.15) is 12.0 Å². The first-order valence-electron chi connectivity index (χ1n) is 16.6. The Kier molecular flexibility index (Phi) is 10.3. The zero-order valence-corrected chi connectivity index (χ0v) is 28.9. The third-order valence-corrected chi connectivity index (χ3v) is 10.5. The molecule has 0 aliphatic carbocycles. The zero-order valence-electron chi connectivity index (χ0n) is 27.9. The molecule has 0 spiro atoms. The van der Waals surface area contributed by atoms with Crippen LogP contribution in [-0.2, 0) is 27.4 Å². The summed E-state index contributed by atoms with van der Waals surface area (Å²) in [5.41, 5.74) is 5.39. The molecule has 2 aliphatic rings. The number of carbonyl (C=O) groups excluding carboxylic acids is 1. The minimum Gasteiger partial charge on any atom is -0.465 e. The Balaban J connectivity index is 1.16. The average molecular weight is 672 g/mol. The van der Waals surface area contributed by atoms with Crippen LogP contribution in [0, 0.1) is 0 Å². The second-order valence-electron chi connectivity index (χ2n) is 13.7. The van der Waals surface area contributed by atoms with Crippen LogP contribution >= 0.6 is 0 Å². The van der Waals surface area contributed by atoms with Gasteiger partial charge in [0.2, 0.25) is 5.91 Å². The summed E-state index contributed by atoms with van der Waals surface area (Å²) in [5, 5.41) is 15.6. The number of carboxylic acid groups (broad SMARTS) is 1. The topological polar surface area (TPSA) is 134 Å². The highest BCUT2D eigenvalue weighted by Crippen LogP contribution is 2.33. The van der Waals surface area contributed by atoms with Crippen molar-refractivity contribution < 1.29 is 24.2 Å². The lowest BCUT2D eigenvalue weighted by Crippen LogP contribution is -2.36. The third kappa shape index (κ3) is 8.33. The average Bonchev–Trinajstić information content (AvgIpc) is 3.68. The molecule has 0 bridgehead atoms. The molecule has 0 unspecified atom stereocenters. The predicted molar refractivity (Wildman–Crippen MR) is 191 cm³/mol. The molecule has 2 aromatic heterocycles. The molecular formula is C35H45N7O5Si. The fourth-order valence-corrected chi connectivity index (χ4v) is 7.00. The van der Waals surface area contributed by atoms with Gasteiger partial charge in [-0.3, -0.25) is 4.79 Å². The van der Waals surface area contributed by atoms with E-state index in [1.165, 1.54) is 0 Å². The summed E-state index contributed by atoms with van der Waals surface area (Å²) in [7, 11) is -1.24. The van der Waals surface area contributed by atoms with Crippen LogP contribution in [0.25, 0.3) is 22.3 Å². The largest absolute Gasteiger partial charge is 0.465 e. The van der Waals surface area contributed by atoms with Crippen molar-refractivity contribution in [3.63, 3.8) is 0 Å². The van der Waals surface area contributed by atoms with Gasteiger partial charge in [-0.15, -0.1) is 0 Å². The van der Waals surface area contributed by atoms with E-state index < -0.39 is 14.2 Å². The number of nitrogens with one attached hydrogen (secondary N) is 2. The van der Waals surface area contributed by atoms with E-state index in [-0.39, 0.29) is 18.4 Å². The fraction of sp³-hybridized carbons (Fsp3) is 0.429. The number of benzene rings is 2. The Morgan fingerprint density at radius 2 is 1.81 bits per heavy atom. The monoisotopic (exact) mass is 671 g/mol. The summed E-state index contributed by atoms with van der Waals surface area (Å²) in [4.78, 5) is 37.8. The summed E-state index contributed by atoms with van der Waals surface area (Å²) in [6, 6.07) is 18.9. The highest BCUT2D eigenvalue weighted by atomic mass is 28.3. The first-order chi connectivity index (χ1) is 23.1. The fourth-order valence-electron chi connectivity index (χ4n) is 6.25. The number of fused-ring (bicyclic) bond motifs is 1. The Hall–Kier alpha value is -4.46. The normalized spacial score (nSPS) is 16.8. The Morgan fingerprint density at radius 3 is 2.56 bits per heavy atom. The Bertz CT molecular complexity index is 1730. The number of morpholine rings is 1. The molecule has 2 fully saturated rings. The lowest BCUT2D eigenvalue weighted by atomic mass is 10.1. The van der Waals surface area contributed by atoms with Crippen LogP contribution in [0.15, 0.2) is 60.9 Å². The van der Waals surface area contributed by atoms with Gasteiger partial charge < -0.3 is 39.6 Å². The molecule has 4 aromatic rings. The van der Waals surface area contributed by atoms with Crippen molar-refractivity contribution in [2.75, 3.05) is 61.1 Å². The smallest absolute Gasteiger partial charge is 0.404 e. The van der Waals surface area contributed by atoms with Gasteiger partial charge in [0.25, 0.3) is 0 Å². The van der Waals surface area contributed by atoms with Crippen LogP contribution in [0.2, 0.25) is 25.7 Å². The lowest BCUT2D eigenvalue weighted by molar-refractivity contribution is -0.115. The van der Waals surface area contributed by atoms with E-state index in [0.717, 1.165) is 71.5 Å². The molecule has 0 radical (unpaired) electrons. The van der Waals surface area contributed by atoms with E-state index in [1.807, 2.05) is 48.5 Å². The van der Waals surface area contributed by atoms with Crippen molar-refractivity contribution in [3.8, 4) is 11.3 Å². The van der Waals surface area contributed by atoms with E-state index in [4.69, 9.17) is 14.6 Å². The molecule has 13 heteroatoms. The van der Waals surface area contributed by atoms with Crippen LogP contribution in [0.4, 0.5) is 22.0 Å². The minimum atomic E-state index is -1.24. The maximum Gasteiger partial charge on any atom is 0.404 e. The summed E-state index contributed by atoms with van der Waals surface area (Å²) in [6.07, 6.45) is 1.60. The molecule has 254 valence electrons. The van der Waals surface area contributed by atoms with Crippen LogP contribution < -0.4 is 20.4 Å². The first kappa shape index (κ1) is 33.4. The van der Waals surface area contributed by atoms with Gasteiger partial charge in [0.1, 0.15) is 24.5 Å². The number of hydrogen-bond acceptors (Lipinski definition) is 8. The van der Waals surface area contributed by atoms with Crippen LogP contribution in [-0.4, -0.2) is 91.8 Å². The number of rotatable bonds is 12. The number of ether oxygens (including phenoxy) is 2. The SMILES string of the molecule is C[Si](C)(C)CCOCn1c(-c2ccc(NC(=O)Cc3cccc(N4CC[C@H](NC(=O)O)C4)c3)cc2)cc2c(N3CCOCC3)ncnc21. The molecule has 0 saturated carbocycles. The van der Waals surface area contributed by atoms with Gasteiger partial charge in [0.15, 0.2) is 0 Å². The van der Waals surface area contributed by atoms with Crippen molar-refractivity contribution in [1.29, 1.82) is 0 Å². The van der Waals surface area contributed by atoms with Crippen molar-refractivity contribution in [1.82, 2.24) is 19.9 Å². The van der Waals surface area contributed by atoms with E-state index in [9.17, 15) is 9.59 Å². The van der Waals surface area contributed by atoms with Crippen LogP contribution in [0.5, 0.6) is 0 Å². The molecular weight excluding hydrogens is 627 g/mol. The van der Waals surface area contributed by atoms with Gasteiger partial charge in [-0.1, -0.05) is 43.9 Å². The molecule has 2 aromatic carbocycles. The van der Waals surface area contributed by atoms with Gasteiger partial charge in [0, 0.05) is 52.2 Å². The summed E-state index contributed by atoms with van der Waals surface area (Å²) in [5.74, 6) is 0.793. The highest BCUT2D eigenvalue weighted by Gasteiger charge is 2.24. The van der Waals surface area contributed by atoms with Crippen molar-refractivity contribution in [3.05, 3.63) is 66.5 Å². The van der Waals surface area contributed by atoms with Crippen LogP contribution in [0.3, 0.4) is 0 Å². The molecule has 48 heavy (non-hydrogen) atoms. The second-order valence-corrected chi connectivity index (χ2v) is 19.3. The summed E-state index contributed by atoms with van der Waals surface area (Å²) < 4.78 is 13.9. The highest BCUT2D eigenvalue weighted by molar-refractivity contribution is 6.76. The van der Waals surface area contributed by atoms with Gasteiger partial charge in [-0.25, -0.2) is 14.8 Å². The number of anilines is 3. The predicted octanol–water partition coefficient (Wildman–Crippen LogP) is 5.27. The van der Waals surface area contributed by atoms with Crippen molar-refractivity contribution >= 4 is 48.3 Å². The summed E-state index contributed by atoms with van der Waals surface area (Å²) in [6.45, 7) is 12.4. The van der Waals surface area contributed by atoms with E-state index >= 15 is 0 Å². The first-order valence-corrected chi connectivity index (χ1v) is 20.3. The maximum atomic E-state index is 13.1. The van der Waals surface area contributed by atoms with Gasteiger partial charge in [0.05, 0.1) is 36.8 Å². The minimum absolute atomic E-state index is 0.0964. The molecule has 1 atom stereocenters.